The molecule has 0 bridgehead atoms. The predicted molar refractivity (Wildman–Crippen MR) is 126 cm³/mol. The molecule has 2 aliphatic heterocycles. The minimum Gasteiger partial charge on any atom is -0.497 e. The third-order valence-corrected chi connectivity index (χ3v) is 6.36. The Kier molecular flexibility index (Phi) is 5.43. The molecule has 0 saturated heterocycles. The molecule has 3 aromatic rings. The zero-order valence-electron chi connectivity index (χ0n) is 18.0. The van der Waals surface area contributed by atoms with E-state index >= 15 is 0 Å². The molecule has 0 aliphatic carbocycles. The number of methoxy groups -OCH3 is 3. The van der Waals surface area contributed by atoms with Crippen molar-refractivity contribution in [3.8, 4) is 23.0 Å². The van der Waals surface area contributed by atoms with Crippen LogP contribution in [0.25, 0.3) is 0 Å². The third kappa shape index (κ3) is 3.56. The molecular weight excluding hydrogens is 472 g/mol. The van der Waals surface area contributed by atoms with Crippen molar-refractivity contribution < 1.29 is 18.9 Å². The average molecular weight is 495 g/mol. The van der Waals surface area contributed by atoms with E-state index in [9.17, 15) is 0 Å². The van der Waals surface area contributed by atoms with E-state index in [-0.39, 0.29) is 12.3 Å². The Morgan fingerprint density at radius 2 is 1.69 bits per heavy atom. The lowest BCUT2D eigenvalue weighted by atomic mass is 9.96. The van der Waals surface area contributed by atoms with Crippen LogP contribution < -0.4 is 18.9 Å². The summed E-state index contributed by atoms with van der Waals surface area (Å²) in [5, 5.41) is 7.07. The van der Waals surface area contributed by atoms with E-state index in [1.165, 1.54) is 0 Å². The van der Waals surface area contributed by atoms with Crippen molar-refractivity contribution in [2.24, 2.45) is 5.10 Å². The summed E-state index contributed by atoms with van der Waals surface area (Å²) in [6.07, 6.45) is 0.396. The first-order chi connectivity index (χ1) is 15.6. The number of nitrogens with zero attached hydrogens (tertiary/aromatic N) is 2. The van der Waals surface area contributed by atoms with Crippen molar-refractivity contribution in [1.82, 2.24) is 5.01 Å². The van der Waals surface area contributed by atoms with Gasteiger partial charge in [0.25, 0.3) is 0 Å². The van der Waals surface area contributed by atoms with E-state index in [4.69, 9.17) is 24.0 Å². The molecule has 0 aromatic heterocycles. The Labute approximate surface area is 195 Å². The molecule has 164 valence electrons. The summed E-state index contributed by atoms with van der Waals surface area (Å²) in [6, 6.07) is 20.0. The van der Waals surface area contributed by atoms with Gasteiger partial charge in [-0.15, -0.1) is 0 Å². The molecule has 6 nitrogen and oxygen atoms in total. The maximum atomic E-state index is 6.46. The standard InChI is InChI=1S/C25H23BrN2O4/c1-29-18-8-4-15(5-9-18)20-14-21-19-13-17(26)7-11-22(19)32-25(28(21)27-20)16-6-10-23(30-2)24(12-16)31-3/h4-13,21,25H,14H2,1-3H3/t21-,25+/m0/s1. The van der Waals surface area contributed by atoms with Crippen molar-refractivity contribution in [2.75, 3.05) is 21.3 Å². The molecule has 0 radical (unpaired) electrons. The van der Waals surface area contributed by atoms with Gasteiger partial charge in [-0.1, -0.05) is 15.9 Å². The second-order valence-electron chi connectivity index (χ2n) is 7.64. The van der Waals surface area contributed by atoms with Crippen LogP contribution in [0.3, 0.4) is 0 Å². The minimum atomic E-state index is -0.385. The van der Waals surface area contributed by atoms with Crippen molar-refractivity contribution in [2.45, 2.75) is 18.7 Å². The Morgan fingerprint density at radius 1 is 0.906 bits per heavy atom. The molecule has 0 saturated carbocycles. The van der Waals surface area contributed by atoms with E-state index < -0.39 is 0 Å². The minimum absolute atomic E-state index is 0.0615. The van der Waals surface area contributed by atoms with E-state index in [2.05, 4.69) is 27.0 Å². The highest BCUT2D eigenvalue weighted by molar-refractivity contribution is 9.10. The molecule has 32 heavy (non-hydrogen) atoms. The number of rotatable bonds is 5. The van der Waals surface area contributed by atoms with E-state index in [0.29, 0.717) is 11.5 Å². The Hall–Kier alpha value is -3.19. The van der Waals surface area contributed by atoms with Gasteiger partial charge in [-0.25, -0.2) is 5.01 Å². The molecule has 0 unspecified atom stereocenters. The van der Waals surface area contributed by atoms with Crippen LogP contribution in [0, 0.1) is 0 Å². The summed E-state index contributed by atoms with van der Waals surface area (Å²) in [5.41, 5.74) is 4.15. The highest BCUT2D eigenvalue weighted by atomic mass is 79.9. The number of hydrogen-bond donors (Lipinski definition) is 0. The van der Waals surface area contributed by atoms with Crippen molar-refractivity contribution >= 4 is 21.6 Å². The molecule has 7 heteroatoms. The molecule has 0 fully saturated rings. The first-order valence-electron chi connectivity index (χ1n) is 10.3. The molecule has 5 rings (SSSR count). The van der Waals surface area contributed by atoms with Crippen LogP contribution in [0.4, 0.5) is 0 Å². The number of hydrazone groups is 1. The van der Waals surface area contributed by atoms with Crippen molar-refractivity contribution in [1.29, 1.82) is 0 Å². The van der Waals surface area contributed by atoms with Crippen LogP contribution in [-0.2, 0) is 0 Å². The van der Waals surface area contributed by atoms with Crippen LogP contribution in [-0.4, -0.2) is 32.0 Å². The fourth-order valence-electron chi connectivity index (χ4n) is 4.24. The van der Waals surface area contributed by atoms with Gasteiger partial charge in [0.15, 0.2) is 11.5 Å². The first kappa shape index (κ1) is 20.7. The highest BCUT2D eigenvalue weighted by Gasteiger charge is 2.41. The normalized spacial score (nSPS) is 18.9. The molecule has 3 aromatic carbocycles. The van der Waals surface area contributed by atoms with Crippen LogP contribution in [0.15, 0.2) is 70.2 Å². The van der Waals surface area contributed by atoms with Crippen LogP contribution in [0.2, 0.25) is 0 Å². The molecule has 2 atom stereocenters. The molecule has 2 heterocycles. The molecule has 0 spiro atoms. The monoisotopic (exact) mass is 494 g/mol. The fourth-order valence-corrected chi connectivity index (χ4v) is 4.62. The Morgan fingerprint density at radius 3 is 2.41 bits per heavy atom. The van der Waals surface area contributed by atoms with Crippen molar-refractivity contribution in [3.63, 3.8) is 0 Å². The number of ether oxygens (including phenoxy) is 4. The second-order valence-corrected chi connectivity index (χ2v) is 8.56. The van der Waals surface area contributed by atoms with Gasteiger partial charge in [0, 0.05) is 22.0 Å². The zero-order valence-corrected chi connectivity index (χ0v) is 19.6. The highest BCUT2D eigenvalue weighted by Crippen LogP contribution is 2.49. The predicted octanol–water partition coefficient (Wildman–Crippen LogP) is 5.72. The van der Waals surface area contributed by atoms with Crippen LogP contribution >= 0.6 is 15.9 Å². The maximum Gasteiger partial charge on any atom is 0.214 e. The van der Waals surface area contributed by atoms with E-state index in [0.717, 1.165) is 44.8 Å². The Balaban J connectivity index is 1.58. The van der Waals surface area contributed by atoms with E-state index in [1.54, 1.807) is 21.3 Å². The van der Waals surface area contributed by atoms with Crippen molar-refractivity contribution in [3.05, 3.63) is 81.8 Å². The largest absolute Gasteiger partial charge is 0.497 e. The second kappa shape index (κ2) is 8.39. The molecule has 2 aliphatic rings. The van der Waals surface area contributed by atoms with Gasteiger partial charge in [0.1, 0.15) is 11.5 Å². The van der Waals surface area contributed by atoms with Gasteiger partial charge >= 0.3 is 0 Å². The van der Waals surface area contributed by atoms with Crippen LogP contribution in [0.5, 0.6) is 23.0 Å². The summed E-state index contributed by atoms with van der Waals surface area (Å²) < 4.78 is 23.7. The number of benzene rings is 3. The average Bonchev–Trinajstić information content (AvgIpc) is 3.29. The van der Waals surface area contributed by atoms with Crippen LogP contribution in [0.1, 0.15) is 35.4 Å². The molecule has 0 amide bonds. The number of halogens is 1. The lowest BCUT2D eigenvalue weighted by Crippen LogP contribution is -2.33. The van der Waals surface area contributed by atoms with E-state index in [1.807, 2.05) is 54.6 Å². The van der Waals surface area contributed by atoms with Gasteiger partial charge in [0.05, 0.1) is 33.1 Å². The Bertz CT molecular complexity index is 1180. The summed E-state index contributed by atoms with van der Waals surface area (Å²) in [4.78, 5) is 0. The van der Waals surface area contributed by atoms with Gasteiger partial charge in [-0.05, 0) is 66.2 Å². The summed E-state index contributed by atoms with van der Waals surface area (Å²) in [7, 11) is 4.93. The van der Waals surface area contributed by atoms with Gasteiger partial charge in [0.2, 0.25) is 6.23 Å². The van der Waals surface area contributed by atoms with Gasteiger partial charge in [-0.3, -0.25) is 0 Å². The lowest BCUT2D eigenvalue weighted by Gasteiger charge is -2.38. The number of fused-ring (bicyclic) bond motifs is 3. The summed E-state index contributed by atoms with van der Waals surface area (Å²) in [5.74, 6) is 3.02. The van der Waals surface area contributed by atoms with Gasteiger partial charge < -0.3 is 18.9 Å². The topological polar surface area (TPSA) is 52.5 Å². The maximum absolute atomic E-state index is 6.46. The fraction of sp³-hybridized carbons (Fsp3) is 0.240. The SMILES string of the molecule is COc1ccc(C2=NN3[C@@H](c4ccc(OC)c(OC)c4)Oc4ccc(Br)cc4[C@@H]3C2)cc1. The molecule has 0 N–H and O–H groups in total. The number of hydrogen-bond acceptors (Lipinski definition) is 6. The quantitative estimate of drug-likeness (QED) is 0.454. The molecular formula is C25H23BrN2O4. The summed E-state index contributed by atoms with van der Waals surface area (Å²) >= 11 is 3.60. The zero-order chi connectivity index (χ0) is 22.2. The third-order valence-electron chi connectivity index (χ3n) is 5.87. The summed E-state index contributed by atoms with van der Waals surface area (Å²) in [6.45, 7) is 0. The smallest absolute Gasteiger partial charge is 0.214 e. The lowest BCUT2D eigenvalue weighted by molar-refractivity contribution is -0.0192. The first-order valence-corrected chi connectivity index (χ1v) is 11.1. The van der Waals surface area contributed by atoms with Gasteiger partial charge in [-0.2, -0.15) is 5.10 Å².